The summed E-state index contributed by atoms with van der Waals surface area (Å²) in [6.07, 6.45) is 1.05. The van der Waals surface area contributed by atoms with Crippen molar-refractivity contribution in [2.24, 2.45) is 0 Å². The van der Waals surface area contributed by atoms with Crippen LogP contribution in [0.4, 0.5) is 0 Å². The van der Waals surface area contributed by atoms with Gasteiger partial charge in [-0.3, -0.25) is 0 Å². The summed E-state index contributed by atoms with van der Waals surface area (Å²) in [4.78, 5) is 0. The molecule has 0 atom stereocenters. The Morgan fingerprint density at radius 2 is 2.00 bits per heavy atom. The largest absolute Gasteiger partial charge is 0.251 e. The summed E-state index contributed by atoms with van der Waals surface area (Å²) in [5, 5.41) is 0. The van der Waals surface area contributed by atoms with Crippen molar-refractivity contribution in [3.05, 3.63) is 0 Å². The van der Waals surface area contributed by atoms with Crippen molar-refractivity contribution < 1.29 is 0 Å². The smallest absolute Gasteiger partial charge is 0.179 e. The zero-order chi connectivity index (χ0) is 7.33. The highest BCUT2D eigenvalue weighted by atomic mass is 35.7. The summed E-state index contributed by atoms with van der Waals surface area (Å²) in [7, 11) is 0. The Bertz CT molecular complexity index is 77.4. The molecular formula is C5H12Cl2SSi. The van der Waals surface area contributed by atoms with Crippen molar-refractivity contribution in [2.45, 2.75) is 25.4 Å². The van der Waals surface area contributed by atoms with Gasteiger partial charge in [0.05, 0.1) is 0 Å². The van der Waals surface area contributed by atoms with Gasteiger partial charge in [-0.05, 0) is 24.3 Å². The standard InChI is InChI=1S/C5H12Cl2SSi/c1-2-9(6,7)5-3-4-8/h8H,2-5H2,1H3. The van der Waals surface area contributed by atoms with Crippen LogP contribution in [0.25, 0.3) is 0 Å². The van der Waals surface area contributed by atoms with Crippen LogP contribution in [-0.4, -0.2) is 12.4 Å². The highest BCUT2D eigenvalue weighted by molar-refractivity contribution is 7.80. The number of thiol groups is 1. The summed E-state index contributed by atoms with van der Waals surface area (Å²) in [6.45, 7) is 0.244. The monoisotopic (exact) mass is 202 g/mol. The first-order valence-corrected chi connectivity index (χ1v) is 8.18. The Labute approximate surface area is 72.8 Å². The predicted molar refractivity (Wildman–Crippen MR) is 51.2 cm³/mol. The molecule has 0 aromatic rings. The first kappa shape index (κ1) is 10.1. The van der Waals surface area contributed by atoms with Crippen LogP contribution in [0.15, 0.2) is 0 Å². The lowest BCUT2D eigenvalue weighted by Crippen LogP contribution is -2.16. The number of hydrogen-bond donors (Lipinski definition) is 1. The Morgan fingerprint density at radius 3 is 2.33 bits per heavy atom. The van der Waals surface area contributed by atoms with Gasteiger partial charge in [0.15, 0.2) is 0 Å². The summed E-state index contributed by atoms with van der Waals surface area (Å²) < 4.78 is 0. The van der Waals surface area contributed by atoms with E-state index in [1.165, 1.54) is 0 Å². The number of hydrogen-bond acceptors (Lipinski definition) is 1. The van der Waals surface area contributed by atoms with Gasteiger partial charge in [0.2, 0.25) is 0 Å². The Balaban J connectivity index is 3.33. The van der Waals surface area contributed by atoms with Crippen LogP contribution >= 0.6 is 34.8 Å². The van der Waals surface area contributed by atoms with E-state index >= 15 is 0 Å². The van der Waals surface area contributed by atoms with Crippen molar-refractivity contribution in [1.82, 2.24) is 0 Å². The Kier molecular flexibility index (Phi) is 5.51. The topological polar surface area (TPSA) is 0 Å². The molecule has 0 unspecified atom stereocenters. The molecule has 0 nitrogen and oxygen atoms in total. The summed E-state index contributed by atoms with van der Waals surface area (Å²) >= 11 is 16.0. The minimum atomic E-state index is -1.80. The van der Waals surface area contributed by atoms with Crippen LogP contribution in [0.5, 0.6) is 0 Å². The molecule has 0 heterocycles. The van der Waals surface area contributed by atoms with E-state index in [0.29, 0.717) is 0 Å². The highest BCUT2D eigenvalue weighted by Gasteiger charge is 2.24. The van der Waals surface area contributed by atoms with E-state index in [-0.39, 0.29) is 0 Å². The predicted octanol–water partition coefficient (Wildman–Crippen LogP) is 3.25. The molecule has 56 valence electrons. The van der Waals surface area contributed by atoms with Crippen molar-refractivity contribution in [2.75, 3.05) is 5.75 Å². The lowest BCUT2D eigenvalue weighted by molar-refractivity contribution is 1.08. The number of rotatable bonds is 4. The van der Waals surface area contributed by atoms with E-state index in [4.69, 9.17) is 22.2 Å². The van der Waals surface area contributed by atoms with Crippen molar-refractivity contribution in [1.29, 1.82) is 0 Å². The normalized spacial score (nSPS) is 12.0. The molecule has 0 saturated heterocycles. The van der Waals surface area contributed by atoms with Crippen molar-refractivity contribution >= 4 is 41.5 Å². The fraction of sp³-hybridized carbons (Fsp3) is 1.00. The molecule has 0 spiro atoms. The lowest BCUT2D eigenvalue weighted by Gasteiger charge is -2.11. The van der Waals surface area contributed by atoms with Gasteiger partial charge in [-0.2, -0.15) is 12.6 Å². The van der Waals surface area contributed by atoms with Crippen LogP contribution in [0.3, 0.4) is 0 Å². The van der Waals surface area contributed by atoms with E-state index in [1.807, 2.05) is 6.92 Å². The molecule has 0 saturated carbocycles. The second-order valence-corrected chi connectivity index (χ2v) is 10.3. The van der Waals surface area contributed by atoms with Crippen LogP contribution in [0.1, 0.15) is 13.3 Å². The van der Waals surface area contributed by atoms with E-state index in [1.54, 1.807) is 0 Å². The molecule has 9 heavy (non-hydrogen) atoms. The third-order valence-electron chi connectivity index (χ3n) is 1.22. The summed E-state index contributed by atoms with van der Waals surface area (Å²) in [5.74, 6) is 0.897. The van der Waals surface area contributed by atoms with Crippen LogP contribution in [-0.2, 0) is 0 Å². The third-order valence-corrected chi connectivity index (χ3v) is 6.39. The second-order valence-electron chi connectivity index (χ2n) is 2.04. The fourth-order valence-electron chi connectivity index (χ4n) is 0.514. The molecule has 4 heteroatoms. The molecule has 0 bridgehead atoms. The molecular weight excluding hydrogens is 191 g/mol. The first-order chi connectivity index (χ1) is 4.12. The molecule has 0 aromatic heterocycles. The Morgan fingerprint density at radius 1 is 1.44 bits per heavy atom. The molecule has 0 aliphatic heterocycles. The maximum absolute atomic E-state index is 5.97. The molecule has 0 amide bonds. The molecule has 0 aromatic carbocycles. The first-order valence-electron chi connectivity index (χ1n) is 3.11. The van der Waals surface area contributed by atoms with Gasteiger partial charge in [0.1, 0.15) is 0 Å². The fourth-order valence-corrected chi connectivity index (χ4v) is 2.82. The summed E-state index contributed by atoms with van der Waals surface area (Å²) in [6, 6.07) is 1.93. The number of halogens is 2. The average Bonchev–Trinajstić information content (AvgIpc) is 1.84. The lowest BCUT2D eigenvalue weighted by atomic mass is 10.6. The van der Waals surface area contributed by atoms with Gasteiger partial charge in [-0.1, -0.05) is 6.92 Å². The maximum Gasteiger partial charge on any atom is 0.251 e. The van der Waals surface area contributed by atoms with Gasteiger partial charge < -0.3 is 0 Å². The van der Waals surface area contributed by atoms with Gasteiger partial charge in [0.25, 0.3) is 6.69 Å². The summed E-state index contributed by atoms with van der Waals surface area (Å²) in [5.41, 5.74) is 0. The zero-order valence-electron chi connectivity index (χ0n) is 5.53. The molecule has 0 aliphatic carbocycles. The zero-order valence-corrected chi connectivity index (χ0v) is 8.94. The van der Waals surface area contributed by atoms with E-state index in [9.17, 15) is 0 Å². The minimum Gasteiger partial charge on any atom is -0.179 e. The molecule has 0 aliphatic rings. The highest BCUT2D eigenvalue weighted by Crippen LogP contribution is 2.26. The van der Waals surface area contributed by atoms with E-state index < -0.39 is 6.69 Å². The van der Waals surface area contributed by atoms with Crippen molar-refractivity contribution in [3.8, 4) is 0 Å². The van der Waals surface area contributed by atoms with Gasteiger partial charge in [-0.25, -0.2) is 0 Å². The third kappa shape index (κ3) is 5.58. The SMILES string of the molecule is CC[Si](Cl)(Cl)CCCS. The van der Waals surface area contributed by atoms with Crippen molar-refractivity contribution in [3.63, 3.8) is 0 Å². The van der Waals surface area contributed by atoms with E-state index in [0.717, 1.165) is 24.3 Å². The van der Waals surface area contributed by atoms with E-state index in [2.05, 4.69) is 12.6 Å². The van der Waals surface area contributed by atoms with Gasteiger partial charge >= 0.3 is 0 Å². The molecule has 0 radical (unpaired) electrons. The average molecular weight is 203 g/mol. The molecule has 0 N–H and O–H groups in total. The van der Waals surface area contributed by atoms with Gasteiger partial charge in [0, 0.05) is 0 Å². The van der Waals surface area contributed by atoms with Crippen LogP contribution < -0.4 is 0 Å². The van der Waals surface area contributed by atoms with Crippen LogP contribution in [0, 0.1) is 0 Å². The van der Waals surface area contributed by atoms with Crippen LogP contribution in [0.2, 0.25) is 12.1 Å². The quantitative estimate of drug-likeness (QED) is 0.404. The van der Waals surface area contributed by atoms with Gasteiger partial charge in [-0.15, -0.1) is 22.2 Å². The molecule has 0 fully saturated rings. The maximum atomic E-state index is 5.97. The second kappa shape index (κ2) is 4.89. The minimum absolute atomic E-state index is 0.897. The molecule has 0 rings (SSSR count). The Hall–Kier alpha value is 1.15.